The van der Waals surface area contributed by atoms with Crippen molar-refractivity contribution < 1.29 is 19.1 Å². The van der Waals surface area contributed by atoms with Crippen LogP contribution in [0.25, 0.3) is 6.08 Å². The molecule has 1 saturated heterocycles. The van der Waals surface area contributed by atoms with Crippen molar-refractivity contribution in [2.75, 3.05) is 44.8 Å². The fourth-order valence-electron chi connectivity index (χ4n) is 3.48. The van der Waals surface area contributed by atoms with Gasteiger partial charge in [0.2, 0.25) is 5.91 Å². The molecule has 0 aliphatic carbocycles. The van der Waals surface area contributed by atoms with Gasteiger partial charge in [0.1, 0.15) is 11.6 Å². The zero-order valence-corrected chi connectivity index (χ0v) is 19.6. The predicted molar refractivity (Wildman–Crippen MR) is 126 cm³/mol. The fourth-order valence-corrected chi connectivity index (χ4v) is 3.48. The van der Waals surface area contributed by atoms with Crippen LogP contribution >= 0.6 is 0 Å². The zero-order valence-electron chi connectivity index (χ0n) is 19.6. The number of amides is 2. The second kappa shape index (κ2) is 10.8. The van der Waals surface area contributed by atoms with Crippen LogP contribution in [0.1, 0.15) is 36.8 Å². The molecule has 2 N–H and O–H groups in total. The van der Waals surface area contributed by atoms with Gasteiger partial charge in [-0.15, -0.1) is 0 Å². The first kappa shape index (κ1) is 24.0. The second-order valence-corrected chi connectivity index (χ2v) is 8.19. The van der Waals surface area contributed by atoms with E-state index in [1.54, 1.807) is 30.4 Å². The van der Waals surface area contributed by atoms with Crippen molar-refractivity contribution in [3.63, 3.8) is 0 Å². The number of methoxy groups -OCH3 is 1. The highest BCUT2D eigenvalue weighted by atomic mass is 16.5. The summed E-state index contributed by atoms with van der Waals surface area (Å²) in [4.78, 5) is 36.9. The Hall–Kier alpha value is -3.62. The molecule has 0 saturated carbocycles. The molecule has 0 unspecified atom stereocenters. The van der Waals surface area contributed by atoms with Gasteiger partial charge in [-0.25, -0.2) is 9.97 Å². The van der Waals surface area contributed by atoms with Crippen LogP contribution in [0.4, 0.5) is 5.82 Å². The van der Waals surface area contributed by atoms with Crippen molar-refractivity contribution in [3.8, 4) is 11.5 Å². The lowest BCUT2D eigenvalue weighted by atomic mass is 10.1. The first-order valence-corrected chi connectivity index (χ1v) is 10.9. The van der Waals surface area contributed by atoms with E-state index in [-0.39, 0.29) is 18.4 Å². The molecule has 2 heterocycles. The summed E-state index contributed by atoms with van der Waals surface area (Å²) < 4.78 is 10.6. The monoisotopic (exact) mass is 453 g/mol. The molecule has 0 spiro atoms. The van der Waals surface area contributed by atoms with E-state index >= 15 is 0 Å². The quantitative estimate of drug-likeness (QED) is 0.610. The van der Waals surface area contributed by atoms with Gasteiger partial charge in [-0.1, -0.05) is 19.9 Å². The molecule has 2 aromatic rings. The Morgan fingerprint density at radius 1 is 1.12 bits per heavy atom. The van der Waals surface area contributed by atoms with Crippen LogP contribution in [-0.4, -0.2) is 66.6 Å². The van der Waals surface area contributed by atoms with E-state index in [0.29, 0.717) is 37.7 Å². The Labute approximate surface area is 194 Å². The summed E-state index contributed by atoms with van der Waals surface area (Å²) in [6.45, 7) is 8.58. The van der Waals surface area contributed by atoms with E-state index in [1.165, 1.54) is 7.11 Å². The van der Waals surface area contributed by atoms with Gasteiger partial charge in [0.15, 0.2) is 18.1 Å². The van der Waals surface area contributed by atoms with Crippen LogP contribution in [-0.2, 0) is 9.59 Å². The molecule has 1 aromatic heterocycles. The molecule has 2 amide bonds. The van der Waals surface area contributed by atoms with Crippen molar-refractivity contribution in [3.05, 3.63) is 47.4 Å². The largest absolute Gasteiger partial charge is 0.493 e. The van der Waals surface area contributed by atoms with Crippen molar-refractivity contribution >= 4 is 23.7 Å². The van der Waals surface area contributed by atoms with E-state index in [9.17, 15) is 9.59 Å². The molecule has 3 rings (SSSR count). The number of benzene rings is 1. The van der Waals surface area contributed by atoms with Crippen LogP contribution in [0, 0.1) is 6.92 Å². The highest BCUT2D eigenvalue weighted by Crippen LogP contribution is 2.28. The highest BCUT2D eigenvalue weighted by molar-refractivity contribution is 5.92. The summed E-state index contributed by atoms with van der Waals surface area (Å²) >= 11 is 0. The Morgan fingerprint density at radius 3 is 2.48 bits per heavy atom. The van der Waals surface area contributed by atoms with Gasteiger partial charge in [0.05, 0.1) is 7.11 Å². The molecule has 9 heteroatoms. The lowest BCUT2D eigenvalue weighted by Gasteiger charge is -2.35. The summed E-state index contributed by atoms with van der Waals surface area (Å²) in [6, 6.07) is 7.19. The van der Waals surface area contributed by atoms with Gasteiger partial charge < -0.3 is 25.0 Å². The van der Waals surface area contributed by atoms with Crippen molar-refractivity contribution in [1.82, 2.24) is 14.9 Å². The van der Waals surface area contributed by atoms with E-state index in [2.05, 4.69) is 23.7 Å². The first-order valence-electron chi connectivity index (χ1n) is 10.9. The normalized spacial score (nSPS) is 14.1. The third-order valence-corrected chi connectivity index (χ3v) is 5.27. The summed E-state index contributed by atoms with van der Waals surface area (Å²) in [5.41, 5.74) is 6.84. The molecular weight excluding hydrogens is 422 g/mol. The van der Waals surface area contributed by atoms with Gasteiger partial charge in [0.25, 0.3) is 5.91 Å². The topological polar surface area (TPSA) is 111 Å². The maximum atomic E-state index is 12.7. The van der Waals surface area contributed by atoms with Crippen LogP contribution in [0.2, 0.25) is 0 Å². The van der Waals surface area contributed by atoms with Crippen molar-refractivity contribution in [2.24, 2.45) is 5.73 Å². The maximum Gasteiger partial charge on any atom is 0.255 e. The van der Waals surface area contributed by atoms with Crippen LogP contribution < -0.4 is 20.1 Å². The number of ether oxygens (including phenoxy) is 2. The van der Waals surface area contributed by atoms with E-state index in [1.807, 2.05) is 17.9 Å². The Morgan fingerprint density at radius 2 is 1.85 bits per heavy atom. The molecule has 0 bridgehead atoms. The molecule has 33 heavy (non-hydrogen) atoms. The Bertz CT molecular complexity index is 1030. The molecule has 176 valence electrons. The molecule has 1 fully saturated rings. The summed E-state index contributed by atoms with van der Waals surface area (Å²) in [5, 5.41) is 0. The van der Waals surface area contributed by atoms with E-state index in [4.69, 9.17) is 20.2 Å². The molecule has 0 atom stereocenters. The fraction of sp³-hybridized carbons (Fsp3) is 0.417. The van der Waals surface area contributed by atoms with Crippen LogP contribution in [0.15, 0.2) is 30.3 Å². The number of anilines is 1. The zero-order chi connectivity index (χ0) is 24.0. The number of nitrogens with zero attached hydrogens (tertiary/aromatic N) is 4. The van der Waals surface area contributed by atoms with Gasteiger partial charge in [-0.05, 0) is 30.7 Å². The smallest absolute Gasteiger partial charge is 0.255 e. The Kier molecular flexibility index (Phi) is 7.87. The highest BCUT2D eigenvalue weighted by Gasteiger charge is 2.21. The average Bonchev–Trinajstić information content (AvgIpc) is 2.81. The SMILES string of the molecule is COc1cc(/C=C/C(=O)N2CCN(c3cc(C)nc(C(C)C)n3)CC2)ccc1OCC(N)=O. The number of primary amides is 1. The van der Waals surface area contributed by atoms with Crippen LogP contribution in [0.3, 0.4) is 0 Å². The lowest BCUT2D eigenvalue weighted by molar-refractivity contribution is -0.126. The van der Waals surface area contributed by atoms with Crippen molar-refractivity contribution in [1.29, 1.82) is 0 Å². The average molecular weight is 454 g/mol. The number of piperazine rings is 1. The third-order valence-electron chi connectivity index (χ3n) is 5.27. The summed E-state index contributed by atoms with van der Waals surface area (Å²) in [6.07, 6.45) is 3.29. The first-order chi connectivity index (χ1) is 15.8. The standard InChI is InChI=1S/C24H31N5O4/c1-16(2)24-26-17(3)13-22(27-24)28-9-11-29(12-10-28)23(31)8-6-18-5-7-19(20(14-18)32-4)33-15-21(25)30/h5-8,13-14,16H,9-12,15H2,1-4H3,(H2,25,30)/b8-6+. The number of carbonyl (C=O) groups excluding carboxylic acids is 2. The van der Waals surface area contributed by atoms with Crippen molar-refractivity contribution in [2.45, 2.75) is 26.7 Å². The molecule has 1 aliphatic heterocycles. The number of carbonyl (C=O) groups is 2. The maximum absolute atomic E-state index is 12.7. The number of nitrogens with two attached hydrogens (primary N) is 1. The summed E-state index contributed by atoms with van der Waals surface area (Å²) in [5.74, 6) is 2.27. The van der Waals surface area contributed by atoms with Crippen LogP contribution in [0.5, 0.6) is 11.5 Å². The number of hydrogen-bond donors (Lipinski definition) is 1. The second-order valence-electron chi connectivity index (χ2n) is 8.19. The minimum absolute atomic E-state index is 0.0515. The molecule has 1 aliphatic rings. The molecular formula is C24H31N5O4. The number of aryl methyl sites for hydroxylation is 1. The number of aromatic nitrogens is 2. The third kappa shape index (κ3) is 6.44. The minimum atomic E-state index is -0.568. The van der Waals surface area contributed by atoms with Gasteiger partial charge in [-0.2, -0.15) is 0 Å². The lowest BCUT2D eigenvalue weighted by Crippen LogP contribution is -2.48. The summed E-state index contributed by atoms with van der Waals surface area (Å²) in [7, 11) is 1.51. The number of hydrogen-bond acceptors (Lipinski definition) is 7. The van der Waals surface area contributed by atoms with Gasteiger partial charge >= 0.3 is 0 Å². The number of rotatable bonds is 8. The molecule has 1 aromatic carbocycles. The molecule has 0 radical (unpaired) electrons. The molecule has 9 nitrogen and oxygen atoms in total. The predicted octanol–water partition coefficient (Wildman–Crippen LogP) is 2.14. The van der Waals surface area contributed by atoms with Gasteiger partial charge in [0, 0.05) is 49.9 Å². The minimum Gasteiger partial charge on any atom is -0.493 e. The Balaban J connectivity index is 1.59. The van der Waals surface area contributed by atoms with Gasteiger partial charge in [-0.3, -0.25) is 9.59 Å². The van der Waals surface area contributed by atoms with E-state index in [0.717, 1.165) is 22.9 Å². The van der Waals surface area contributed by atoms with E-state index < -0.39 is 5.91 Å².